The highest BCUT2D eigenvalue weighted by molar-refractivity contribution is 7.17. The van der Waals surface area contributed by atoms with E-state index in [-0.39, 0.29) is 11.9 Å². The number of nitrogens with one attached hydrogen (secondary N) is 1. The van der Waals surface area contributed by atoms with Gasteiger partial charge in [-0.05, 0) is 38.7 Å². The van der Waals surface area contributed by atoms with E-state index < -0.39 is 0 Å². The maximum Gasteiger partial charge on any atom is 0.263 e. The lowest BCUT2D eigenvalue weighted by Gasteiger charge is -2.25. The molecule has 0 spiro atoms. The third kappa shape index (κ3) is 4.15. The number of pyridine rings is 1. The smallest absolute Gasteiger partial charge is 0.263 e. The average molecular weight is 366 g/mol. The molecule has 0 aliphatic carbocycles. The number of hydrogen-bond acceptors (Lipinski definition) is 5. The SMILES string of the molecule is Cc1nc(-c2ccccn2)sc1C(=O)NCC(c1ccccc1)N(C)C. The summed E-state index contributed by atoms with van der Waals surface area (Å²) in [7, 11) is 4.03. The van der Waals surface area contributed by atoms with Crippen molar-refractivity contribution in [2.45, 2.75) is 13.0 Å². The number of hydrogen-bond donors (Lipinski definition) is 1. The predicted octanol–water partition coefficient (Wildman–Crippen LogP) is 3.55. The Morgan fingerprint density at radius 1 is 1.15 bits per heavy atom. The second-order valence-corrected chi connectivity index (χ2v) is 7.25. The Morgan fingerprint density at radius 3 is 2.54 bits per heavy atom. The minimum atomic E-state index is -0.0926. The van der Waals surface area contributed by atoms with Gasteiger partial charge in [0, 0.05) is 12.7 Å². The number of amides is 1. The van der Waals surface area contributed by atoms with Gasteiger partial charge >= 0.3 is 0 Å². The van der Waals surface area contributed by atoms with Crippen LogP contribution in [-0.4, -0.2) is 41.4 Å². The number of thiazole rings is 1. The van der Waals surface area contributed by atoms with Crippen molar-refractivity contribution in [1.29, 1.82) is 0 Å². The van der Waals surface area contributed by atoms with Crippen LogP contribution >= 0.6 is 11.3 Å². The first-order valence-corrected chi connectivity index (χ1v) is 9.26. The van der Waals surface area contributed by atoms with Crippen molar-refractivity contribution in [2.75, 3.05) is 20.6 Å². The monoisotopic (exact) mass is 366 g/mol. The van der Waals surface area contributed by atoms with Gasteiger partial charge in [-0.25, -0.2) is 4.98 Å². The van der Waals surface area contributed by atoms with Crippen molar-refractivity contribution in [1.82, 2.24) is 20.2 Å². The molecule has 3 rings (SSSR count). The molecule has 6 heteroatoms. The fourth-order valence-corrected chi connectivity index (χ4v) is 3.71. The number of carbonyl (C=O) groups is 1. The Morgan fingerprint density at radius 2 is 1.88 bits per heavy atom. The molecule has 0 aliphatic rings. The van der Waals surface area contributed by atoms with Crippen molar-refractivity contribution in [2.24, 2.45) is 0 Å². The third-order valence-electron chi connectivity index (χ3n) is 4.15. The van der Waals surface area contributed by atoms with Crippen LogP contribution < -0.4 is 5.32 Å². The molecule has 1 N–H and O–H groups in total. The van der Waals surface area contributed by atoms with Crippen LogP contribution in [0, 0.1) is 6.92 Å². The Bertz CT molecular complexity index is 862. The van der Waals surface area contributed by atoms with E-state index in [4.69, 9.17) is 0 Å². The zero-order chi connectivity index (χ0) is 18.5. The highest BCUT2D eigenvalue weighted by Crippen LogP contribution is 2.26. The van der Waals surface area contributed by atoms with Crippen molar-refractivity contribution < 1.29 is 4.79 Å². The van der Waals surface area contributed by atoms with Gasteiger partial charge in [0.05, 0.1) is 17.4 Å². The number of aromatic nitrogens is 2. The minimum absolute atomic E-state index is 0.0926. The maximum atomic E-state index is 12.7. The van der Waals surface area contributed by atoms with Gasteiger partial charge in [-0.2, -0.15) is 0 Å². The first-order valence-electron chi connectivity index (χ1n) is 8.44. The molecule has 0 bridgehead atoms. The van der Waals surface area contributed by atoms with Crippen LogP contribution in [0.25, 0.3) is 10.7 Å². The molecule has 1 aromatic carbocycles. The summed E-state index contributed by atoms with van der Waals surface area (Å²) in [6.45, 7) is 2.39. The van der Waals surface area contributed by atoms with Crippen LogP contribution in [0.5, 0.6) is 0 Å². The lowest BCUT2D eigenvalue weighted by atomic mass is 10.1. The van der Waals surface area contributed by atoms with E-state index in [1.807, 2.05) is 57.4 Å². The summed E-state index contributed by atoms with van der Waals surface area (Å²) in [5.74, 6) is -0.0926. The molecular formula is C20H22N4OS. The molecule has 1 amide bonds. The highest BCUT2D eigenvalue weighted by Gasteiger charge is 2.19. The van der Waals surface area contributed by atoms with Gasteiger partial charge in [0.15, 0.2) is 0 Å². The lowest BCUT2D eigenvalue weighted by Crippen LogP contribution is -2.34. The van der Waals surface area contributed by atoms with Gasteiger partial charge in [-0.1, -0.05) is 36.4 Å². The van der Waals surface area contributed by atoms with Crippen molar-refractivity contribution >= 4 is 17.2 Å². The fourth-order valence-electron chi connectivity index (χ4n) is 2.75. The van der Waals surface area contributed by atoms with Crippen LogP contribution in [0.15, 0.2) is 54.7 Å². The third-order valence-corrected chi connectivity index (χ3v) is 5.33. The number of aryl methyl sites for hydroxylation is 1. The van der Waals surface area contributed by atoms with Gasteiger partial charge in [0.1, 0.15) is 9.88 Å². The number of carbonyl (C=O) groups excluding carboxylic acids is 1. The summed E-state index contributed by atoms with van der Waals surface area (Å²) in [5, 5.41) is 3.82. The van der Waals surface area contributed by atoms with Gasteiger partial charge in [-0.3, -0.25) is 9.78 Å². The first kappa shape index (κ1) is 18.2. The van der Waals surface area contributed by atoms with Crippen LogP contribution in [0.4, 0.5) is 0 Å². The van der Waals surface area contributed by atoms with Gasteiger partial charge in [-0.15, -0.1) is 11.3 Å². The van der Waals surface area contributed by atoms with Gasteiger partial charge < -0.3 is 10.2 Å². The van der Waals surface area contributed by atoms with E-state index in [0.717, 1.165) is 16.4 Å². The predicted molar refractivity (Wildman–Crippen MR) is 105 cm³/mol. The standard InChI is InChI=1S/C20H22N4OS/c1-14-18(26-20(23-14)16-11-7-8-12-21-16)19(25)22-13-17(24(2)3)15-9-5-4-6-10-15/h4-12,17H,13H2,1-3H3,(H,22,25). The number of benzene rings is 1. The van der Waals surface area contributed by atoms with Crippen LogP contribution in [0.2, 0.25) is 0 Å². The number of likely N-dealkylation sites (N-methyl/N-ethyl adjacent to an activating group) is 1. The molecule has 1 atom stereocenters. The molecule has 0 radical (unpaired) electrons. The minimum Gasteiger partial charge on any atom is -0.349 e. The van der Waals surface area contributed by atoms with Crippen molar-refractivity contribution in [3.05, 3.63) is 70.9 Å². The molecule has 2 heterocycles. The largest absolute Gasteiger partial charge is 0.349 e. The van der Waals surface area contributed by atoms with E-state index in [9.17, 15) is 4.79 Å². The average Bonchev–Trinajstić information content (AvgIpc) is 3.05. The van der Waals surface area contributed by atoms with Crippen molar-refractivity contribution in [3.63, 3.8) is 0 Å². The second-order valence-electron chi connectivity index (χ2n) is 6.25. The summed E-state index contributed by atoms with van der Waals surface area (Å²) >= 11 is 1.38. The molecular weight excluding hydrogens is 344 g/mol. The van der Waals surface area contributed by atoms with Crippen LogP contribution in [0.1, 0.15) is 27.0 Å². The summed E-state index contributed by atoms with van der Waals surface area (Å²) in [6, 6.07) is 16.0. The lowest BCUT2D eigenvalue weighted by molar-refractivity contribution is 0.0945. The van der Waals surface area contributed by atoms with E-state index in [0.29, 0.717) is 11.4 Å². The topological polar surface area (TPSA) is 58.1 Å². The molecule has 0 saturated heterocycles. The molecule has 0 fully saturated rings. The zero-order valence-corrected chi connectivity index (χ0v) is 16.0. The molecule has 0 saturated carbocycles. The Labute approximate surface area is 157 Å². The second kappa shape index (κ2) is 8.21. The molecule has 0 aliphatic heterocycles. The van der Waals surface area contributed by atoms with Gasteiger partial charge in [0.25, 0.3) is 5.91 Å². The Kier molecular flexibility index (Phi) is 5.75. The Hall–Kier alpha value is -2.57. The molecule has 26 heavy (non-hydrogen) atoms. The number of nitrogens with zero attached hydrogens (tertiary/aromatic N) is 3. The van der Waals surface area contributed by atoms with E-state index in [2.05, 4.69) is 32.3 Å². The zero-order valence-electron chi connectivity index (χ0n) is 15.1. The van der Waals surface area contributed by atoms with Crippen LogP contribution in [-0.2, 0) is 0 Å². The van der Waals surface area contributed by atoms with Gasteiger partial charge in [0.2, 0.25) is 0 Å². The normalized spacial score (nSPS) is 12.2. The highest BCUT2D eigenvalue weighted by atomic mass is 32.1. The number of rotatable bonds is 6. The van der Waals surface area contributed by atoms with E-state index in [1.165, 1.54) is 16.9 Å². The Balaban J connectivity index is 1.73. The first-order chi connectivity index (χ1) is 12.6. The van der Waals surface area contributed by atoms with E-state index >= 15 is 0 Å². The molecule has 2 aromatic heterocycles. The molecule has 3 aromatic rings. The quantitative estimate of drug-likeness (QED) is 0.725. The summed E-state index contributed by atoms with van der Waals surface area (Å²) in [4.78, 5) is 24.2. The molecule has 134 valence electrons. The summed E-state index contributed by atoms with van der Waals surface area (Å²) in [6.07, 6.45) is 1.73. The van der Waals surface area contributed by atoms with E-state index in [1.54, 1.807) is 6.20 Å². The van der Waals surface area contributed by atoms with Crippen molar-refractivity contribution in [3.8, 4) is 10.7 Å². The molecule has 5 nitrogen and oxygen atoms in total. The van der Waals surface area contributed by atoms with Crippen LogP contribution in [0.3, 0.4) is 0 Å². The summed E-state index contributed by atoms with van der Waals surface area (Å²) < 4.78 is 0. The molecule has 1 unspecified atom stereocenters. The fraction of sp³-hybridized carbons (Fsp3) is 0.250. The summed E-state index contributed by atoms with van der Waals surface area (Å²) in [5.41, 5.74) is 2.69. The maximum absolute atomic E-state index is 12.7.